The number of hydrogen-bond acceptors (Lipinski definition) is 5. The minimum Gasteiger partial charge on any atom is -0.508 e. The van der Waals surface area contributed by atoms with Gasteiger partial charge in [-0.15, -0.1) is 0 Å². The molecule has 1 aromatic carbocycles. The molecule has 4 N–H and O–H groups in total. The second kappa shape index (κ2) is 4.66. The fourth-order valence-electron chi connectivity index (χ4n) is 2.04. The third kappa shape index (κ3) is 2.43. The molecule has 1 aliphatic heterocycles. The molecule has 6 heteroatoms. The number of fused-ring (bicyclic) bond motifs is 1. The van der Waals surface area contributed by atoms with Gasteiger partial charge in [-0.1, -0.05) is 6.07 Å². The van der Waals surface area contributed by atoms with Gasteiger partial charge in [0.25, 0.3) is 0 Å². The Hall–Kier alpha value is -2.08. The minimum atomic E-state index is -1.10. The van der Waals surface area contributed by atoms with E-state index in [-0.39, 0.29) is 30.3 Å². The van der Waals surface area contributed by atoms with Crippen LogP contribution in [0.25, 0.3) is 0 Å². The zero-order valence-electron chi connectivity index (χ0n) is 9.50. The zero-order chi connectivity index (χ0) is 13.3. The number of ether oxygens (including phenoxy) is 1. The van der Waals surface area contributed by atoms with Crippen molar-refractivity contribution in [2.75, 3.05) is 0 Å². The van der Waals surface area contributed by atoms with Crippen molar-refractivity contribution in [3.05, 3.63) is 23.8 Å². The number of esters is 1. The number of rotatable bonds is 3. The lowest BCUT2D eigenvalue weighted by molar-refractivity contribution is -0.140. The number of carboxylic acid groups (broad SMARTS) is 1. The molecule has 2 atom stereocenters. The Morgan fingerprint density at radius 1 is 1.56 bits per heavy atom. The largest absolute Gasteiger partial charge is 0.508 e. The van der Waals surface area contributed by atoms with Gasteiger partial charge in [0.1, 0.15) is 17.5 Å². The molecule has 0 saturated heterocycles. The molecular weight excluding hydrogens is 238 g/mol. The van der Waals surface area contributed by atoms with Crippen molar-refractivity contribution in [1.29, 1.82) is 0 Å². The molecule has 0 aliphatic carbocycles. The molecule has 1 aliphatic rings. The molecule has 0 bridgehead atoms. The van der Waals surface area contributed by atoms with Crippen molar-refractivity contribution in [2.45, 2.75) is 24.8 Å². The predicted molar refractivity (Wildman–Crippen MR) is 61.3 cm³/mol. The van der Waals surface area contributed by atoms with E-state index in [0.29, 0.717) is 5.56 Å². The molecule has 96 valence electrons. The molecule has 2 rings (SSSR count). The third-order valence-corrected chi connectivity index (χ3v) is 2.93. The second-order valence-corrected chi connectivity index (χ2v) is 4.28. The number of phenolic OH excluding ortho intramolecular Hbond substituents is 1. The first kappa shape index (κ1) is 12.4. The molecule has 18 heavy (non-hydrogen) atoms. The highest BCUT2D eigenvalue weighted by Gasteiger charge is 2.30. The number of carbonyl (C=O) groups excluding carboxylic acids is 1. The van der Waals surface area contributed by atoms with Crippen LogP contribution in [0, 0.1) is 0 Å². The first-order chi connectivity index (χ1) is 8.47. The van der Waals surface area contributed by atoms with Crippen LogP contribution >= 0.6 is 0 Å². The maximum Gasteiger partial charge on any atom is 0.320 e. The number of hydrogen-bond donors (Lipinski definition) is 3. The highest BCUT2D eigenvalue weighted by Crippen LogP contribution is 2.38. The summed E-state index contributed by atoms with van der Waals surface area (Å²) in [4.78, 5) is 22.1. The van der Waals surface area contributed by atoms with Crippen LogP contribution in [-0.2, 0) is 9.59 Å². The van der Waals surface area contributed by atoms with Crippen LogP contribution in [0.1, 0.15) is 24.3 Å². The van der Waals surface area contributed by atoms with Crippen LogP contribution in [-0.4, -0.2) is 28.2 Å². The molecule has 0 aromatic heterocycles. The molecule has 1 aromatic rings. The predicted octanol–water partition coefficient (Wildman–Crippen LogP) is 0.587. The van der Waals surface area contributed by atoms with E-state index in [1.54, 1.807) is 6.07 Å². The number of carbonyl (C=O) groups is 2. The molecule has 0 fully saturated rings. The third-order valence-electron chi connectivity index (χ3n) is 2.93. The van der Waals surface area contributed by atoms with Crippen LogP contribution in [0.5, 0.6) is 11.5 Å². The first-order valence-corrected chi connectivity index (χ1v) is 5.49. The van der Waals surface area contributed by atoms with E-state index in [2.05, 4.69) is 0 Å². The van der Waals surface area contributed by atoms with Crippen LogP contribution in [0.3, 0.4) is 0 Å². The van der Waals surface area contributed by atoms with Crippen LogP contribution in [0.4, 0.5) is 0 Å². The summed E-state index contributed by atoms with van der Waals surface area (Å²) in [5, 5.41) is 18.1. The molecule has 1 heterocycles. The van der Waals surface area contributed by atoms with Gasteiger partial charge < -0.3 is 20.7 Å². The molecule has 0 spiro atoms. The summed E-state index contributed by atoms with van der Waals surface area (Å²) in [5.74, 6) is -1.59. The molecule has 0 amide bonds. The number of aliphatic carboxylic acids is 1. The van der Waals surface area contributed by atoms with E-state index in [9.17, 15) is 14.7 Å². The Morgan fingerprint density at radius 3 is 2.94 bits per heavy atom. The van der Waals surface area contributed by atoms with E-state index >= 15 is 0 Å². The van der Waals surface area contributed by atoms with Gasteiger partial charge in [-0.2, -0.15) is 0 Å². The fourth-order valence-corrected chi connectivity index (χ4v) is 2.04. The Labute approximate surface area is 103 Å². The van der Waals surface area contributed by atoms with Crippen molar-refractivity contribution < 1.29 is 24.5 Å². The van der Waals surface area contributed by atoms with E-state index in [4.69, 9.17) is 15.6 Å². The summed E-state index contributed by atoms with van der Waals surface area (Å²) in [6.07, 6.45) is 0.251. The standard InChI is InChI=1S/C12H13NO5/c13-9(12(16)17)3-6-4-11(15)18-10-5-7(14)1-2-8(6)10/h1-2,5-6,9,14H,3-4,13H2,(H,16,17)/t6?,9-/m0/s1. The maximum absolute atomic E-state index is 11.4. The van der Waals surface area contributed by atoms with Crippen molar-refractivity contribution in [2.24, 2.45) is 5.73 Å². The summed E-state index contributed by atoms with van der Waals surface area (Å²) >= 11 is 0. The molecule has 1 unspecified atom stereocenters. The topological polar surface area (TPSA) is 110 Å². The Morgan fingerprint density at radius 2 is 2.28 bits per heavy atom. The molecular formula is C12H13NO5. The fraction of sp³-hybridized carbons (Fsp3) is 0.333. The van der Waals surface area contributed by atoms with Gasteiger partial charge in [-0.25, -0.2) is 0 Å². The van der Waals surface area contributed by atoms with Gasteiger partial charge in [-0.05, 0) is 18.1 Å². The van der Waals surface area contributed by atoms with Gasteiger partial charge in [0, 0.05) is 12.0 Å². The lowest BCUT2D eigenvalue weighted by Gasteiger charge is -2.25. The first-order valence-electron chi connectivity index (χ1n) is 5.49. The van der Waals surface area contributed by atoms with E-state index in [1.165, 1.54) is 12.1 Å². The summed E-state index contributed by atoms with van der Waals surface area (Å²) in [6, 6.07) is 3.40. The quantitative estimate of drug-likeness (QED) is 0.535. The summed E-state index contributed by atoms with van der Waals surface area (Å²) in [7, 11) is 0. The lowest BCUT2D eigenvalue weighted by Crippen LogP contribution is -2.33. The van der Waals surface area contributed by atoms with Gasteiger partial charge in [0.05, 0.1) is 6.42 Å². The average molecular weight is 251 g/mol. The summed E-state index contributed by atoms with van der Waals surface area (Å²) < 4.78 is 5.00. The smallest absolute Gasteiger partial charge is 0.320 e. The van der Waals surface area contributed by atoms with Crippen LogP contribution in [0.2, 0.25) is 0 Å². The van der Waals surface area contributed by atoms with Gasteiger partial charge in [0.2, 0.25) is 0 Å². The van der Waals surface area contributed by atoms with Gasteiger partial charge >= 0.3 is 11.9 Å². The highest BCUT2D eigenvalue weighted by molar-refractivity contribution is 5.78. The van der Waals surface area contributed by atoms with Gasteiger partial charge in [-0.3, -0.25) is 9.59 Å². The van der Waals surface area contributed by atoms with Crippen LogP contribution in [0.15, 0.2) is 18.2 Å². The highest BCUT2D eigenvalue weighted by atomic mass is 16.5. The zero-order valence-corrected chi connectivity index (χ0v) is 9.50. The van der Waals surface area contributed by atoms with Crippen molar-refractivity contribution >= 4 is 11.9 Å². The summed E-state index contributed by atoms with van der Waals surface area (Å²) in [6.45, 7) is 0. The SMILES string of the molecule is N[C@@H](CC1CC(=O)Oc2cc(O)ccc21)C(=O)O. The number of nitrogens with two attached hydrogens (primary N) is 1. The van der Waals surface area contributed by atoms with Gasteiger partial charge in [0.15, 0.2) is 0 Å². The normalized spacial score (nSPS) is 19.8. The molecule has 0 saturated carbocycles. The van der Waals surface area contributed by atoms with E-state index in [0.717, 1.165) is 0 Å². The second-order valence-electron chi connectivity index (χ2n) is 4.28. The number of phenols is 1. The Balaban J connectivity index is 2.28. The molecule has 0 radical (unpaired) electrons. The Kier molecular flexibility index (Phi) is 3.20. The van der Waals surface area contributed by atoms with Crippen LogP contribution < -0.4 is 10.5 Å². The van der Waals surface area contributed by atoms with Crippen molar-refractivity contribution in [3.8, 4) is 11.5 Å². The number of benzene rings is 1. The minimum absolute atomic E-state index is 0.00951. The van der Waals surface area contributed by atoms with E-state index < -0.39 is 18.0 Å². The number of carboxylic acids is 1. The Bertz CT molecular complexity index is 499. The summed E-state index contributed by atoms with van der Waals surface area (Å²) in [5.41, 5.74) is 6.18. The van der Waals surface area contributed by atoms with Crippen molar-refractivity contribution in [3.63, 3.8) is 0 Å². The van der Waals surface area contributed by atoms with Crippen molar-refractivity contribution in [1.82, 2.24) is 0 Å². The number of aromatic hydroxyl groups is 1. The maximum atomic E-state index is 11.4. The average Bonchev–Trinajstić information content (AvgIpc) is 2.27. The van der Waals surface area contributed by atoms with E-state index in [1.807, 2.05) is 0 Å². The lowest BCUT2D eigenvalue weighted by atomic mass is 9.87. The molecule has 6 nitrogen and oxygen atoms in total. The monoisotopic (exact) mass is 251 g/mol.